The minimum Gasteiger partial charge on any atom is -0.398 e. The zero-order valence-corrected chi connectivity index (χ0v) is 11.7. The number of amides is 3. The van der Waals surface area contributed by atoms with Crippen molar-refractivity contribution in [2.75, 3.05) is 31.9 Å². The summed E-state index contributed by atoms with van der Waals surface area (Å²) in [5, 5.41) is 2.80. The number of urea groups is 1. The minimum absolute atomic E-state index is 0. The van der Waals surface area contributed by atoms with E-state index in [1.807, 2.05) is 6.07 Å². The lowest BCUT2D eigenvalue weighted by Gasteiger charge is -2.36. The Morgan fingerprint density at radius 3 is 2.80 bits per heavy atom. The first-order chi connectivity index (χ1) is 9.16. The van der Waals surface area contributed by atoms with Crippen LogP contribution in [0.15, 0.2) is 24.3 Å². The second kappa shape index (κ2) is 5.58. The van der Waals surface area contributed by atoms with E-state index < -0.39 is 0 Å². The van der Waals surface area contributed by atoms with E-state index in [4.69, 9.17) is 5.73 Å². The lowest BCUT2D eigenvalue weighted by Crippen LogP contribution is -2.53. The van der Waals surface area contributed by atoms with Crippen molar-refractivity contribution in [3.05, 3.63) is 29.8 Å². The minimum atomic E-state index is -0.0582. The Balaban J connectivity index is 0.00000147. The van der Waals surface area contributed by atoms with Crippen LogP contribution in [0.2, 0.25) is 0 Å². The molecule has 1 atom stereocenters. The van der Waals surface area contributed by atoms with E-state index in [1.165, 1.54) is 0 Å². The van der Waals surface area contributed by atoms with Gasteiger partial charge in [0.25, 0.3) is 5.91 Å². The van der Waals surface area contributed by atoms with Crippen LogP contribution in [0.25, 0.3) is 0 Å². The molecular formula is C13H17ClN4O2. The van der Waals surface area contributed by atoms with Crippen LogP contribution in [-0.2, 0) is 0 Å². The number of nitrogens with two attached hydrogens (primary N) is 1. The van der Waals surface area contributed by atoms with Crippen molar-refractivity contribution in [1.29, 1.82) is 0 Å². The molecule has 20 heavy (non-hydrogen) atoms. The summed E-state index contributed by atoms with van der Waals surface area (Å²) >= 11 is 0. The number of hydrogen-bond donors (Lipinski definition) is 2. The summed E-state index contributed by atoms with van der Waals surface area (Å²) in [7, 11) is 0. The Hall–Kier alpha value is -1.95. The van der Waals surface area contributed by atoms with Crippen molar-refractivity contribution in [1.82, 2.24) is 15.1 Å². The molecule has 3 amide bonds. The predicted molar refractivity (Wildman–Crippen MR) is 77.9 cm³/mol. The van der Waals surface area contributed by atoms with Gasteiger partial charge in [0.05, 0.1) is 11.6 Å². The highest BCUT2D eigenvalue weighted by atomic mass is 35.5. The number of benzene rings is 1. The topological polar surface area (TPSA) is 78.7 Å². The number of piperazine rings is 1. The molecule has 0 bridgehead atoms. The fraction of sp³-hybridized carbons (Fsp3) is 0.385. The molecule has 2 aliphatic heterocycles. The summed E-state index contributed by atoms with van der Waals surface area (Å²) in [6.07, 6.45) is 0. The van der Waals surface area contributed by atoms with Gasteiger partial charge in [0.1, 0.15) is 0 Å². The van der Waals surface area contributed by atoms with Gasteiger partial charge < -0.3 is 20.9 Å². The molecule has 2 saturated heterocycles. The molecule has 0 saturated carbocycles. The maximum Gasteiger partial charge on any atom is 0.317 e. The number of rotatable bonds is 1. The van der Waals surface area contributed by atoms with Crippen molar-refractivity contribution in [2.24, 2.45) is 0 Å². The zero-order chi connectivity index (χ0) is 13.4. The molecule has 0 aromatic heterocycles. The number of nitrogens with zero attached hydrogens (tertiary/aromatic N) is 2. The van der Waals surface area contributed by atoms with Gasteiger partial charge in [0.15, 0.2) is 0 Å². The molecule has 7 heteroatoms. The van der Waals surface area contributed by atoms with Gasteiger partial charge in [-0.2, -0.15) is 0 Å². The van der Waals surface area contributed by atoms with E-state index >= 15 is 0 Å². The van der Waals surface area contributed by atoms with E-state index in [9.17, 15) is 9.59 Å². The van der Waals surface area contributed by atoms with Crippen molar-refractivity contribution in [3.8, 4) is 0 Å². The quantitative estimate of drug-likeness (QED) is 0.743. The summed E-state index contributed by atoms with van der Waals surface area (Å²) in [5.74, 6) is -0.0582. The molecule has 1 aromatic carbocycles. The lowest BCUT2D eigenvalue weighted by atomic mass is 10.1. The second-order valence-corrected chi connectivity index (χ2v) is 4.87. The molecule has 0 aliphatic carbocycles. The average molecular weight is 297 g/mol. The molecule has 2 heterocycles. The van der Waals surface area contributed by atoms with Crippen molar-refractivity contribution >= 4 is 30.0 Å². The Bertz CT molecular complexity index is 537. The number of anilines is 1. The molecule has 0 spiro atoms. The Kier molecular flexibility index (Phi) is 4.04. The van der Waals surface area contributed by atoms with Crippen LogP contribution < -0.4 is 11.1 Å². The number of para-hydroxylation sites is 1. The lowest BCUT2D eigenvalue weighted by molar-refractivity contribution is 0.0618. The summed E-state index contributed by atoms with van der Waals surface area (Å²) in [6, 6.07) is 7.13. The summed E-state index contributed by atoms with van der Waals surface area (Å²) in [5.41, 5.74) is 6.86. The van der Waals surface area contributed by atoms with Crippen LogP contribution >= 0.6 is 12.4 Å². The number of carbonyl (C=O) groups excluding carboxylic acids is 2. The maximum atomic E-state index is 12.4. The normalized spacial score (nSPS) is 21.0. The number of halogens is 1. The highest BCUT2D eigenvalue weighted by molar-refractivity contribution is 5.99. The van der Waals surface area contributed by atoms with Crippen LogP contribution in [0.4, 0.5) is 10.5 Å². The third-order valence-electron chi connectivity index (χ3n) is 3.71. The van der Waals surface area contributed by atoms with Crippen LogP contribution in [0.1, 0.15) is 10.4 Å². The molecule has 1 aromatic rings. The van der Waals surface area contributed by atoms with Gasteiger partial charge in [-0.3, -0.25) is 4.79 Å². The molecule has 2 fully saturated rings. The van der Waals surface area contributed by atoms with Gasteiger partial charge in [-0.1, -0.05) is 12.1 Å². The van der Waals surface area contributed by atoms with Crippen molar-refractivity contribution in [2.45, 2.75) is 6.04 Å². The van der Waals surface area contributed by atoms with E-state index in [1.54, 1.807) is 28.0 Å². The van der Waals surface area contributed by atoms with Crippen molar-refractivity contribution < 1.29 is 9.59 Å². The number of hydrogen-bond acceptors (Lipinski definition) is 3. The molecule has 6 nitrogen and oxygen atoms in total. The van der Waals surface area contributed by atoms with E-state index in [0.717, 1.165) is 0 Å². The van der Waals surface area contributed by atoms with Crippen LogP contribution in [0.3, 0.4) is 0 Å². The predicted octanol–water partition coefficient (Wildman–Crippen LogP) is 0.540. The number of nitrogens with one attached hydrogen (secondary N) is 1. The van der Waals surface area contributed by atoms with Gasteiger partial charge >= 0.3 is 6.03 Å². The summed E-state index contributed by atoms with van der Waals surface area (Å²) in [4.78, 5) is 27.5. The first-order valence-corrected chi connectivity index (χ1v) is 6.35. The third-order valence-corrected chi connectivity index (χ3v) is 3.71. The highest BCUT2D eigenvalue weighted by Gasteiger charge is 2.37. The molecule has 1 unspecified atom stereocenters. The SMILES string of the molecule is Cl.Nc1ccccc1C(=O)N1CCN2C(=O)NCC2C1. The fourth-order valence-electron chi connectivity index (χ4n) is 2.65. The first kappa shape index (κ1) is 14.5. The summed E-state index contributed by atoms with van der Waals surface area (Å²) < 4.78 is 0. The molecule has 0 radical (unpaired) electrons. The number of carbonyl (C=O) groups is 2. The van der Waals surface area contributed by atoms with Crippen LogP contribution in [0, 0.1) is 0 Å². The highest BCUT2D eigenvalue weighted by Crippen LogP contribution is 2.19. The molecule has 3 N–H and O–H groups in total. The summed E-state index contributed by atoms with van der Waals surface area (Å²) in [6.45, 7) is 2.30. The van der Waals surface area contributed by atoms with Gasteiger partial charge in [-0.25, -0.2) is 4.79 Å². The zero-order valence-electron chi connectivity index (χ0n) is 10.9. The molecular weight excluding hydrogens is 280 g/mol. The largest absolute Gasteiger partial charge is 0.398 e. The smallest absolute Gasteiger partial charge is 0.317 e. The van der Waals surface area contributed by atoms with E-state index in [-0.39, 0.29) is 30.4 Å². The Labute approximate surface area is 123 Å². The average Bonchev–Trinajstić information content (AvgIpc) is 2.80. The second-order valence-electron chi connectivity index (χ2n) is 4.87. The molecule has 108 valence electrons. The van der Waals surface area contributed by atoms with Gasteiger partial charge in [-0.05, 0) is 12.1 Å². The third kappa shape index (κ3) is 2.38. The number of nitrogen functional groups attached to an aromatic ring is 1. The van der Waals surface area contributed by atoms with Gasteiger partial charge in [0.2, 0.25) is 0 Å². The van der Waals surface area contributed by atoms with Gasteiger partial charge in [0, 0.05) is 31.9 Å². The Morgan fingerprint density at radius 1 is 1.30 bits per heavy atom. The van der Waals surface area contributed by atoms with Crippen LogP contribution in [-0.4, -0.2) is 54.0 Å². The molecule has 2 aliphatic rings. The van der Waals surface area contributed by atoms with E-state index in [2.05, 4.69) is 5.32 Å². The number of fused-ring (bicyclic) bond motifs is 1. The standard InChI is InChI=1S/C13H16N4O2.ClH/c14-11-4-2-1-3-10(11)12(18)16-5-6-17-9(8-16)7-15-13(17)19;/h1-4,9H,5-8,14H2,(H,15,19);1H. The van der Waals surface area contributed by atoms with Crippen molar-refractivity contribution in [3.63, 3.8) is 0 Å². The van der Waals surface area contributed by atoms with E-state index in [0.29, 0.717) is 37.4 Å². The molecule has 3 rings (SSSR count). The Morgan fingerprint density at radius 2 is 2.05 bits per heavy atom. The first-order valence-electron chi connectivity index (χ1n) is 6.35. The maximum absolute atomic E-state index is 12.4. The van der Waals surface area contributed by atoms with Crippen LogP contribution in [0.5, 0.6) is 0 Å². The monoisotopic (exact) mass is 296 g/mol. The fourth-order valence-corrected chi connectivity index (χ4v) is 2.65. The van der Waals surface area contributed by atoms with Gasteiger partial charge in [-0.15, -0.1) is 12.4 Å².